The third-order valence-corrected chi connectivity index (χ3v) is 5.60. The van der Waals surface area contributed by atoms with Crippen molar-refractivity contribution in [2.24, 2.45) is 5.92 Å². The molecule has 1 amide bonds. The second kappa shape index (κ2) is 8.53. The second-order valence-corrected chi connectivity index (χ2v) is 7.32. The number of aryl methyl sites for hydroxylation is 1. The molecule has 1 aromatic carbocycles. The molecule has 2 heterocycles. The predicted molar refractivity (Wildman–Crippen MR) is 106 cm³/mol. The summed E-state index contributed by atoms with van der Waals surface area (Å²) in [5.74, 6) is -0.0160. The SMILES string of the molecule is CCn1c(C)ccc(C(=O)N2CCC(C(O)Cc3ccccc3)CC2)c1=O. The Morgan fingerprint density at radius 3 is 2.44 bits per heavy atom. The Bertz CT molecular complexity index is 836. The van der Waals surface area contributed by atoms with Crippen molar-refractivity contribution < 1.29 is 9.90 Å². The van der Waals surface area contributed by atoms with Crippen molar-refractivity contribution in [3.05, 3.63) is 69.6 Å². The van der Waals surface area contributed by atoms with E-state index in [4.69, 9.17) is 0 Å². The van der Waals surface area contributed by atoms with Gasteiger partial charge in [0.05, 0.1) is 6.10 Å². The van der Waals surface area contributed by atoms with Crippen molar-refractivity contribution in [1.29, 1.82) is 0 Å². The summed E-state index contributed by atoms with van der Waals surface area (Å²) in [7, 11) is 0. The molecule has 1 saturated heterocycles. The molecule has 1 N–H and O–H groups in total. The van der Waals surface area contributed by atoms with E-state index in [0.717, 1.165) is 24.1 Å². The van der Waals surface area contributed by atoms with Crippen molar-refractivity contribution in [3.63, 3.8) is 0 Å². The Kier molecular flexibility index (Phi) is 6.11. The number of likely N-dealkylation sites (tertiary alicyclic amines) is 1. The van der Waals surface area contributed by atoms with E-state index in [1.807, 2.05) is 50.2 Å². The van der Waals surface area contributed by atoms with E-state index in [0.29, 0.717) is 26.1 Å². The summed E-state index contributed by atoms with van der Waals surface area (Å²) in [6, 6.07) is 13.5. The maximum Gasteiger partial charge on any atom is 0.263 e. The van der Waals surface area contributed by atoms with Gasteiger partial charge in [-0.1, -0.05) is 30.3 Å². The average molecular weight is 368 g/mol. The van der Waals surface area contributed by atoms with Crippen molar-refractivity contribution in [2.45, 2.75) is 45.8 Å². The summed E-state index contributed by atoms with van der Waals surface area (Å²) in [5.41, 5.74) is 2.02. The smallest absolute Gasteiger partial charge is 0.263 e. The Morgan fingerprint density at radius 1 is 1.15 bits per heavy atom. The maximum absolute atomic E-state index is 12.8. The first-order valence-corrected chi connectivity index (χ1v) is 9.73. The molecule has 0 aliphatic carbocycles. The summed E-state index contributed by atoms with van der Waals surface area (Å²) in [5, 5.41) is 10.6. The Hall–Kier alpha value is -2.40. The minimum Gasteiger partial charge on any atom is -0.392 e. The van der Waals surface area contributed by atoms with Gasteiger partial charge < -0.3 is 14.6 Å². The summed E-state index contributed by atoms with van der Waals surface area (Å²) in [6.45, 7) is 5.49. The number of piperidine rings is 1. The van der Waals surface area contributed by atoms with Gasteiger partial charge >= 0.3 is 0 Å². The molecule has 1 unspecified atom stereocenters. The highest BCUT2D eigenvalue weighted by atomic mass is 16.3. The standard InChI is InChI=1S/C22H28N2O3/c1-3-24-16(2)9-10-19(22(24)27)21(26)23-13-11-18(12-14-23)20(25)15-17-7-5-4-6-8-17/h4-10,18,20,25H,3,11-15H2,1-2H3. The van der Waals surface area contributed by atoms with E-state index < -0.39 is 6.10 Å². The molecular formula is C22H28N2O3. The normalized spacial score (nSPS) is 16.3. The van der Waals surface area contributed by atoms with Gasteiger partial charge in [0.15, 0.2) is 0 Å². The highest BCUT2D eigenvalue weighted by Crippen LogP contribution is 2.24. The topological polar surface area (TPSA) is 62.5 Å². The van der Waals surface area contributed by atoms with E-state index in [1.54, 1.807) is 15.5 Å². The number of amides is 1. The number of aliphatic hydroxyl groups excluding tert-OH is 1. The van der Waals surface area contributed by atoms with Crippen LogP contribution in [0.15, 0.2) is 47.3 Å². The fourth-order valence-corrected chi connectivity index (χ4v) is 3.91. The van der Waals surface area contributed by atoms with Crippen LogP contribution in [0.2, 0.25) is 0 Å². The first-order valence-electron chi connectivity index (χ1n) is 9.73. The molecule has 0 radical (unpaired) electrons. The van der Waals surface area contributed by atoms with Crippen LogP contribution in [-0.2, 0) is 13.0 Å². The first-order chi connectivity index (χ1) is 13.0. The number of rotatable bonds is 5. The highest BCUT2D eigenvalue weighted by molar-refractivity contribution is 5.94. The first kappa shape index (κ1) is 19.4. The van der Waals surface area contributed by atoms with E-state index in [1.165, 1.54) is 0 Å². The number of hydrogen-bond donors (Lipinski definition) is 1. The Balaban J connectivity index is 1.62. The predicted octanol–water partition coefficient (Wildman–Crippen LogP) is 2.63. The zero-order chi connectivity index (χ0) is 19.4. The molecule has 1 aliphatic heterocycles. The van der Waals surface area contributed by atoms with Gasteiger partial charge in [0.1, 0.15) is 5.56 Å². The van der Waals surface area contributed by atoms with Crippen molar-refractivity contribution in [2.75, 3.05) is 13.1 Å². The van der Waals surface area contributed by atoms with E-state index >= 15 is 0 Å². The molecule has 1 aliphatic rings. The molecule has 2 aromatic rings. The fraction of sp³-hybridized carbons (Fsp3) is 0.455. The lowest BCUT2D eigenvalue weighted by Gasteiger charge is -2.34. The monoisotopic (exact) mass is 368 g/mol. The zero-order valence-corrected chi connectivity index (χ0v) is 16.1. The minimum absolute atomic E-state index is 0.180. The summed E-state index contributed by atoms with van der Waals surface area (Å²) in [6.07, 6.45) is 1.75. The van der Waals surface area contributed by atoms with Crippen LogP contribution in [0.4, 0.5) is 0 Å². The molecule has 5 heteroatoms. The minimum atomic E-state index is -0.402. The number of aliphatic hydroxyl groups is 1. The quantitative estimate of drug-likeness (QED) is 0.882. The van der Waals surface area contributed by atoms with Crippen LogP contribution in [-0.4, -0.2) is 39.7 Å². The Labute approximate surface area is 160 Å². The molecule has 5 nitrogen and oxygen atoms in total. The van der Waals surface area contributed by atoms with Gasteiger partial charge in [-0.25, -0.2) is 0 Å². The van der Waals surface area contributed by atoms with Gasteiger partial charge in [0.25, 0.3) is 11.5 Å². The molecule has 0 bridgehead atoms. The van der Waals surface area contributed by atoms with Gasteiger partial charge in [0, 0.05) is 25.3 Å². The largest absolute Gasteiger partial charge is 0.392 e. The van der Waals surface area contributed by atoms with Crippen molar-refractivity contribution in [3.8, 4) is 0 Å². The number of nitrogens with zero attached hydrogens (tertiary/aromatic N) is 2. The van der Waals surface area contributed by atoms with Gasteiger partial charge in [-0.2, -0.15) is 0 Å². The number of carbonyl (C=O) groups excluding carboxylic acids is 1. The summed E-state index contributed by atoms with van der Waals surface area (Å²) >= 11 is 0. The summed E-state index contributed by atoms with van der Waals surface area (Å²) in [4.78, 5) is 27.1. The fourth-order valence-electron chi connectivity index (χ4n) is 3.91. The van der Waals surface area contributed by atoms with Crippen LogP contribution < -0.4 is 5.56 Å². The molecule has 1 aromatic heterocycles. The van der Waals surface area contributed by atoms with Gasteiger partial charge in [-0.05, 0) is 56.7 Å². The summed E-state index contributed by atoms with van der Waals surface area (Å²) < 4.78 is 1.63. The lowest BCUT2D eigenvalue weighted by molar-refractivity contribution is 0.0466. The number of pyridine rings is 1. The van der Waals surface area contributed by atoms with Crippen LogP contribution >= 0.6 is 0 Å². The third-order valence-electron chi connectivity index (χ3n) is 5.60. The van der Waals surface area contributed by atoms with Gasteiger partial charge in [-0.15, -0.1) is 0 Å². The van der Waals surface area contributed by atoms with Crippen molar-refractivity contribution >= 4 is 5.91 Å². The molecular weight excluding hydrogens is 340 g/mol. The molecule has 3 rings (SSSR count). The maximum atomic E-state index is 12.8. The molecule has 27 heavy (non-hydrogen) atoms. The number of benzene rings is 1. The van der Waals surface area contributed by atoms with Crippen LogP contribution in [0, 0.1) is 12.8 Å². The molecule has 0 spiro atoms. The number of hydrogen-bond acceptors (Lipinski definition) is 3. The molecule has 144 valence electrons. The van der Waals surface area contributed by atoms with Gasteiger partial charge in [0.2, 0.25) is 0 Å². The lowest BCUT2D eigenvalue weighted by Crippen LogP contribution is -2.43. The zero-order valence-electron chi connectivity index (χ0n) is 16.1. The Morgan fingerprint density at radius 2 is 1.81 bits per heavy atom. The lowest BCUT2D eigenvalue weighted by atomic mass is 9.88. The number of carbonyl (C=O) groups is 1. The van der Waals surface area contributed by atoms with Crippen LogP contribution in [0.1, 0.15) is 41.4 Å². The van der Waals surface area contributed by atoms with Crippen molar-refractivity contribution in [1.82, 2.24) is 9.47 Å². The van der Waals surface area contributed by atoms with Gasteiger partial charge in [-0.3, -0.25) is 9.59 Å². The highest BCUT2D eigenvalue weighted by Gasteiger charge is 2.29. The second-order valence-electron chi connectivity index (χ2n) is 7.32. The average Bonchev–Trinajstić information content (AvgIpc) is 2.69. The molecule has 1 atom stereocenters. The number of aromatic nitrogens is 1. The molecule has 1 fully saturated rings. The van der Waals surface area contributed by atoms with E-state index in [9.17, 15) is 14.7 Å². The van der Waals surface area contributed by atoms with E-state index in [2.05, 4.69) is 0 Å². The van der Waals surface area contributed by atoms with Crippen LogP contribution in [0.5, 0.6) is 0 Å². The van der Waals surface area contributed by atoms with Crippen LogP contribution in [0.25, 0.3) is 0 Å². The third kappa shape index (κ3) is 4.30. The van der Waals surface area contributed by atoms with E-state index in [-0.39, 0.29) is 22.9 Å². The molecule has 0 saturated carbocycles. The van der Waals surface area contributed by atoms with Crippen LogP contribution in [0.3, 0.4) is 0 Å².